The van der Waals surface area contributed by atoms with Gasteiger partial charge in [-0.05, 0) is 98.7 Å². The van der Waals surface area contributed by atoms with Crippen LogP contribution in [0.5, 0.6) is 0 Å². The third-order valence-electron chi connectivity index (χ3n) is 7.84. The maximum atomic E-state index is 13.4. The minimum absolute atomic E-state index is 0.00390. The summed E-state index contributed by atoms with van der Waals surface area (Å²) >= 11 is 7.73. The van der Waals surface area contributed by atoms with E-state index in [1.54, 1.807) is 40.9 Å². The molecule has 0 unspecified atom stereocenters. The van der Waals surface area contributed by atoms with Crippen LogP contribution in [-0.2, 0) is 0 Å². The average molecular weight is 467 g/mol. The van der Waals surface area contributed by atoms with Crippen molar-refractivity contribution in [2.24, 2.45) is 17.8 Å². The number of nitrogens with zero attached hydrogens (tertiary/aromatic N) is 1. The molecule has 5 aliphatic rings. The quantitative estimate of drug-likeness (QED) is 0.622. The maximum Gasteiger partial charge on any atom is 0.258 e. The van der Waals surface area contributed by atoms with Gasteiger partial charge in [-0.25, -0.2) is 0 Å². The van der Waals surface area contributed by atoms with Gasteiger partial charge in [0, 0.05) is 38.9 Å². The maximum absolute atomic E-state index is 13.4. The summed E-state index contributed by atoms with van der Waals surface area (Å²) < 4.78 is 0. The Kier molecular flexibility index (Phi) is 5.03. The number of nitrogens with one attached hydrogen (secondary N) is 1. The minimum atomic E-state index is -0.0538. The van der Waals surface area contributed by atoms with Gasteiger partial charge in [-0.3, -0.25) is 9.59 Å². The molecule has 4 saturated carbocycles. The van der Waals surface area contributed by atoms with Crippen molar-refractivity contribution in [3.05, 3.63) is 58.6 Å². The topological polar surface area (TPSA) is 49.4 Å². The van der Waals surface area contributed by atoms with Crippen molar-refractivity contribution < 1.29 is 9.59 Å². The molecule has 2 aromatic carbocycles. The first-order valence-corrected chi connectivity index (χ1v) is 13.0. The lowest BCUT2D eigenvalue weighted by atomic mass is 9.53. The Morgan fingerprint density at radius 2 is 1.56 bits per heavy atom. The Morgan fingerprint density at radius 1 is 0.938 bits per heavy atom. The van der Waals surface area contributed by atoms with Crippen molar-refractivity contribution in [3.63, 3.8) is 0 Å². The first-order chi connectivity index (χ1) is 15.5. The van der Waals surface area contributed by atoms with Crippen molar-refractivity contribution in [1.29, 1.82) is 0 Å². The molecule has 2 amide bonds. The van der Waals surface area contributed by atoms with Gasteiger partial charge in [-0.1, -0.05) is 11.6 Å². The lowest BCUT2D eigenvalue weighted by Gasteiger charge is -2.56. The van der Waals surface area contributed by atoms with Crippen LogP contribution in [0.4, 0.5) is 5.69 Å². The number of carbonyl (C=O) groups is 2. The Hall–Kier alpha value is -1.98. The largest absolute Gasteiger partial charge is 0.347 e. The van der Waals surface area contributed by atoms with Crippen LogP contribution in [0.1, 0.15) is 59.2 Å². The molecule has 0 saturated heterocycles. The first-order valence-electron chi connectivity index (χ1n) is 11.6. The van der Waals surface area contributed by atoms with Crippen LogP contribution in [0.3, 0.4) is 0 Å². The number of thioether (sulfide) groups is 1. The molecule has 32 heavy (non-hydrogen) atoms. The van der Waals surface area contributed by atoms with E-state index in [2.05, 4.69) is 5.32 Å². The van der Waals surface area contributed by atoms with Gasteiger partial charge in [0.05, 0.1) is 5.69 Å². The van der Waals surface area contributed by atoms with Gasteiger partial charge in [0.25, 0.3) is 11.8 Å². The lowest BCUT2D eigenvalue weighted by Crippen LogP contribution is -2.59. The SMILES string of the molecule is O=C(NC12CC3CC(CC(C3)C1)C2)c1ccc2c(c1)N(C(=O)c1ccc(Cl)cc1)CCS2. The van der Waals surface area contributed by atoms with Crippen molar-refractivity contribution >= 4 is 40.9 Å². The zero-order valence-electron chi connectivity index (χ0n) is 18.0. The fourth-order valence-electron chi connectivity index (χ4n) is 6.89. The second-order valence-electron chi connectivity index (χ2n) is 10.1. The van der Waals surface area contributed by atoms with Gasteiger partial charge >= 0.3 is 0 Å². The zero-order chi connectivity index (χ0) is 21.9. The Bertz CT molecular complexity index is 1050. The standard InChI is InChI=1S/C26H27ClN2O2S/c27-21-4-1-19(2-5-21)25(31)29-7-8-32-23-6-3-20(12-22(23)29)24(30)28-26-13-16-9-17(14-26)11-18(10-16)15-26/h1-6,12,16-18H,7-11,13-15H2,(H,28,30). The summed E-state index contributed by atoms with van der Waals surface area (Å²) in [5.74, 6) is 3.15. The van der Waals surface area contributed by atoms with E-state index in [1.165, 1.54) is 19.3 Å². The van der Waals surface area contributed by atoms with E-state index >= 15 is 0 Å². The molecule has 1 N–H and O–H groups in total. The van der Waals surface area contributed by atoms with Crippen molar-refractivity contribution in [1.82, 2.24) is 5.32 Å². The molecule has 0 radical (unpaired) electrons. The number of carbonyl (C=O) groups excluding carboxylic acids is 2. The molecule has 0 aromatic heterocycles. The van der Waals surface area contributed by atoms with E-state index in [9.17, 15) is 9.59 Å². The van der Waals surface area contributed by atoms with Gasteiger partial charge < -0.3 is 10.2 Å². The second-order valence-corrected chi connectivity index (χ2v) is 11.7. The highest BCUT2D eigenvalue weighted by Gasteiger charge is 2.51. The summed E-state index contributed by atoms with van der Waals surface area (Å²) in [5, 5.41) is 4.08. The number of rotatable bonds is 3. The Balaban J connectivity index is 1.26. The molecule has 4 bridgehead atoms. The molecule has 4 aliphatic carbocycles. The lowest BCUT2D eigenvalue weighted by molar-refractivity contribution is -0.0167. The van der Waals surface area contributed by atoms with Crippen LogP contribution in [0, 0.1) is 17.8 Å². The monoisotopic (exact) mass is 466 g/mol. The van der Waals surface area contributed by atoms with Gasteiger partial charge in [0.15, 0.2) is 0 Å². The van der Waals surface area contributed by atoms with E-state index in [1.807, 2.05) is 18.2 Å². The molecule has 6 heteroatoms. The number of amides is 2. The van der Waals surface area contributed by atoms with Gasteiger partial charge in [0.2, 0.25) is 0 Å². The predicted octanol–water partition coefficient (Wildman–Crippen LogP) is 5.79. The highest BCUT2D eigenvalue weighted by Crippen LogP contribution is 2.55. The predicted molar refractivity (Wildman–Crippen MR) is 129 cm³/mol. The second kappa shape index (κ2) is 7.81. The number of hydrogen-bond acceptors (Lipinski definition) is 3. The smallest absolute Gasteiger partial charge is 0.258 e. The Labute approximate surface area is 198 Å². The van der Waals surface area contributed by atoms with Crippen LogP contribution in [0.25, 0.3) is 0 Å². The summed E-state index contributed by atoms with van der Waals surface area (Å²) in [5.41, 5.74) is 2.07. The van der Waals surface area contributed by atoms with Crippen molar-refractivity contribution in [3.8, 4) is 0 Å². The molecule has 1 aliphatic heterocycles. The van der Waals surface area contributed by atoms with E-state index in [-0.39, 0.29) is 17.4 Å². The number of halogens is 1. The van der Waals surface area contributed by atoms with E-state index < -0.39 is 0 Å². The summed E-state index contributed by atoms with van der Waals surface area (Å²) in [4.78, 5) is 29.4. The van der Waals surface area contributed by atoms with Crippen LogP contribution >= 0.6 is 23.4 Å². The number of hydrogen-bond donors (Lipinski definition) is 1. The molecule has 4 fully saturated rings. The third-order valence-corrected chi connectivity index (χ3v) is 9.13. The van der Waals surface area contributed by atoms with E-state index in [4.69, 9.17) is 11.6 Å². The molecule has 7 rings (SSSR count). The van der Waals surface area contributed by atoms with Gasteiger partial charge in [-0.15, -0.1) is 11.8 Å². The summed E-state index contributed by atoms with van der Waals surface area (Å²) in [6, 6.07) is 12.8. The highest BCUT2D eigenvalue weighted by molar-refractivity contribution is 7.99. The average Bonchev–Trinajstić information content (AvgIpc) is 2.77. The van der Waals surface area contributed by atoms with Crippen molar-refractivity contribution in [2.45, 2.75) is 49.0 Å². The van der Waals surface area contributed by atoms with Crippen LogP contribution in [0.15, 0.2) is 47.4 Å². The highest BCUT2D eigenvalue weighted by atomic mass is 35.5. The van der Waals surface area contributed by atoms with Crippen LogP contribution in [0.2, 0.25) is 5.02 Å². The molecule has 166 valence electrons. The van der Waals surface area contributed by atoms with Crippen molar-refractivity contribution in [2.75, 3.05) is 17.2 Å². The number of benzene rings is 2. The fraction of sp³-hybridized carbons (Fsp3) is 0.462. The van der Waals surface area contributed by atoms with Gasteiger partial charge in [-0.2, -0.15) is 0 Å². The molecule has 1 heterocycles. The molecule has 0 atom stereocenters. The molecule has 4 nitrogen and oxygen atoms in total. The molecular weight excluding hydrogens is 440 g/mol. The first kappa shape index (κ1) is 20.6. The third kappa shape index (κ3) is 3.63. The Morgan fingerprint density at radius 3 is 2.22 bits per heavy atom. The van der Waals surface area contributed by atoms with Crippen LogP contribution < -0.4 is 10.2 Å². The fourth-order valence-corrected chi connectivity index (χ4v) is 8.00. The summed E-state index contributed by atoms with van der Waals surface area (Å²) in [6.07, 6.45) is 7.46. The van der Waals surface area contributed by atoms with E-state index in [0.29, 0.717) is 22.7 Å². The molecular formula is C26H27ClN2O2S. The summed E-state index contributed by atoms with van der Waals surface area (Å²) in [6.45, 7) is 0.624. The number of anilines is 1. The zero-order valence-corrected chi connectivity index (χ0v) is 19.6. The molecule has 2 aromatic rings. The molecule has 0 spiro atoms. The van der Waals surface area contributed by atoms with Crippen LogP contribution in [-0.4, -0.2) is 29.7 Å². The normalized spacial score (nSPS) is 30.2. The summed E-state index contributed by atoms with van der Waals surface area (Å²) in [7, 11) is 0. The number of fused-ring (bicyclic) bond motifs is 1. The van der Waals surface area contributed by atoms with Gasteiger partial charge in [0.1, 0.15) is 0 Å². The minimum Gasteiger partial charge on any atom is -0.347 e. The van der Waals surface area contributed by atoms with E-state index in [0.717, 1.165) is 53.4 Å².